The van der Waals surface area contributed by atoms with Gasteiger partial charge in [0.25, 0.3) is 5.91 Å². The number of carbonyl (C=O) groups excluding carboxylic acids is 3. The molecule has 0 aliphatic carbocycles. The number of rotatable bonds is 5. The van der Waals surface area contributed by atoms with Crippen LogP contribution in [0.3, 0.4) is 0 Å². The second-order valence-electron chi connectivity index (χ2n) is 5.73. The average Bonchev–Trinajstić information content (AvgIpc) is 2.65. The Balaban J connectivity index is 1.57. The summed E-state index contributed by atoms with van der Waals surface area (Å²) in [5, 5.41) is 5.42. The lowest BCUT2D eigenvalue weighted by Crippen LogP contribution is -2.22. The molecule has 1 aliphatic rings. The van der Waals surface area contributed by atoms with Gasteiger partial charge in [0.15, 0.2) is 6.61 Å². The largest absolute Gasteiger partial charge is 0.452 e. The van der Waals surface area contributed by atoms with Crippen LogP contribution in [0.5, 0.6) is 0 Å². The quantitative estimate of drug-likeness (QED) is 0.790. The zero-order valence-corrected chi connectivity index (χ0v) is 15.0. The summed E-state index contributed by atoms with van der Waals surface area (Å²) >= 11 is 1.41. The number of ether oxygens (including phenoxy) is 1. The fourth-order valence-corrected chi connectivity index (χ4v) is 3.28. The predicted molar refractivity (Wildman–Crippen MR) is 101 cm³/mol. The van der Waals surface area contributed by atoms with Crippen LogP contribution in [0.4, 0.5) is 11.4 Å². The Bertz CT molecular complexity index is 866. The van der Waals surface area contributed by atoms with Crippen molar-refractivity contribution in [3.8, 4) is 0 Å². The second-order valence-corrected chi connectivity index (χ2v) is 6.74. The molecule has 26 heavy (non-hydrogen) atoms. The van der Waals surface area contributed by atoms with E-state index in [4.69, 9.17) is 4.74 Å². The third kappa shape index (κ3) is 4.43. The third-order valence-corrected chi connectivity index (χ3v) is 4.87. The van der Waals surface area contributed by atoms with Crippen LogP contribution < -0.4 is 10.6 Å². The van der Waals surface area contributed by atoms with Gasteiger partial charge in [0.05, 0.1) is 17.0 Å². The highest BCUT2D eigenvalue weighted by molar-refractivity contribution is 8.00. The van der Waals surface area contributed by atoms with Crippen LogP contribution in [0.1, 0.15) is 22.8 Å². The van der Waals surface area contributed by atoms with Gasteiger partial charge in [-0.25, -0.2) is 4.79 Å². The molecule has 2 N–H and O–H groups in total. The zero-order chi connectivity index (χ0) is 18.5. The topological polar surface area (TPSA) is 84.5 Å². The number of anilines is 2. The Morgan fingerprint density at radius 1 is 1.23 bits per heavy atom. The van der Waals surface area contributed by atoms with E-state index in [1.807, 2.05) is 25.1 Å². The van der Waals surface area contributed by atoms with E-state index in [-0.39, 0.29) is 18.1 Å². The Kier molecular flexibility index (Phi) is 5.58. The van der Waals surface area contributed by atoms with Gasteiger partial charge in [0.2, 0.25) is 5.91 Å². The van der Waals surface area contributed by atoms with Gasteiger partial charge in [-0.05, 0) is 42.3 Å². The van der Waals surface area contributed by atoms with E-state index in [0.29, 0.717) is 17.1 Å². The van der Waals surface area contributed by atoms with Gasteiger partial charge in [0, 0.05) is 10.6 Å². The number of thioether (sulfide) groups is 1. The molecular weight excluding hydrogens is 352 g/mol. The predicted octanol–water partition coefficient (Wildman–Crippen LogP) is 3.09. The summed E-state index contributed by atoms with van der Waals surface area (Å²) in [6.45, 7) is 1.65. The van der Waals surface area contributed by atoms with Gasteiger partial charge in [-0.1, -0.05) is 19.1 Å². The normalized spacial score (nSPS) is 12.7. The molecule has 0 aromatic heterocycles. The fourth-order valence-electron chi connectivity index (χ4n) is 2.49. The molecule has 1 heterocycles. The van der Waals surface area contributed by atoms with Gasteiger partial charge in [-0.3, -0.25) is 9.59 Å². The first-order valence-electron chi connectivity index (χ1n) is 8.18. The van der Waals surface area contributed by atoms with E-state index in [2.05, 4.69) is 10.6 Å². The Morgan fingerprint density at radius 3 is 2.88 bits per heavy atom. The van der Waals surface area contributed by atoms with Gasteiger partial charge < -0.3 is 15.4 Å². The first kappa shape index (κ1) is 18.0. The Labute approximate surface area is 155 Å². The van der Waals surface area contributed by atoms with Crippen LogP contribution in [0.15, 0.2) is 47.4 Å². The molecule has 3 rings (SSSR count). The maximum absolute atomic E-state index is 12.1. The number of benzene rings is 2. The summed E-state index contributed by atoms with van der Waals surface area (Å²) in [7, 11) is 0. The van der Waals surface area contributed by atoms with E-state index in [1.54, 1.807) is 24.3 Å². The van der Waals surface area contributed by atoms with Crippen molar-refractivity contribution in [2.45, 2.75) is 18.2 Å². The number of aryl methyl sites for hydroxylation is 1. The van der Waals surface area contributed by atoms with E-state index in [9.17, 15) is 14.4 Å². The number of nitrogens with one attached hydrogen (secondary N) is 2. The molecule has 2 amide bonds. The number of carbonyl (C=O) groups is 3. The molecule has 0 radical (unpaired) electrons. The molecule has 6 nitrogen and oxygen atoms in total. The molecule has 0 saturated carbocycles. The standard InChI is InChI=1S/C19H18N2O4S/c1-2-12-4-3-5-14(8-12)20-17(22)10-25-19(24)13-6-7-16-15(9-13)21-18(23)11-26-16/h3-9H,2,10-11H2,1H3,(H,20,22)(H,21,23). The minimum Gasteiger partial charge on any atom is -0.452 e. The maximum Gasteiger partial charge on any atom is 0.338 e. The Morgan fingerprint density at radius 2 is 2.08 bits per heavy atom. The van der Waals surface area contributed by atoms with Crippen LogP contribution >= 0.6 is 11.8 Å². The van der Waals surface area contributed by atoms with E-state index < -0.39 is 11.9 Å². The van der Waals surface area contributed by atoms with Crippen molar-refractivity contribution < 1.29 is 19.1 Å². The summed E-state index contributed by atoms with van der Waals surface area (Å²) in [4.78, 5) is 36.5. The van der Waals surface area contributed by atoms with Gasteiger partial charge in [-0.15, -0.1) is 11.8 Å². The summed E-state index contributed by atoms with van der Waals surface area (Å²) in [6.07, 6.45) is 0.867. The molecule has 134 valence electrons. The molecule has 2 aromatic carbocycles. The van der Waals surface area contributed by atoms with Crippen molar-refractivity contribution in [2.24, 2.45) is 0 Å². The molecule has 0 unspecified atom stereocenters. The number of amides is 2. The van der Waals surface area contributed by atoms with Crippen molar-refractivity contribution in [3.63, 3.8) is 0 Å². The van der Waals surface area contributed by atoms with Gasteiger partial charge >= 0.3 is 5.97 Å². The van der Waals surface area contributed by atoms with Crippen molar-refractivity contribution in [1.29, 1.82) is 0 Å². The highest BCUT2D eigenvalue weighted by atomic mass is 32.2. The van der Waals surface area contributed by atoms with E-state index in [0.717, 1.165) is 16.9 Å². The van der Waals surface area contributed by atoms with Crippen molar-refractivity contribution in [1.82, 2.24) is 0 Å². The molecule has 0 atom stereocenters. The summed E-state index contributed by atoms with van der Waals surface area (Å²) in [5.41, 5.74) is 2.64. The van der Waals surface area contributed by atoms with Crippen LogP contribution in [-0.4, -0.2) is 30.1 Å². The minimum absolute atomic E-state index is 0.110. The van der Waals surface area contributed by atoms with Crippen LogP contribution in [0.25, 0.3) is 0 Å². The number of esters is 1. The molecule has 2 aromatic rings. The van der Waals surface area contributed by atoms with Crippen LogP contribution in [0.2, 0.25) is 0 Å². The molecule has 0 bridgehead atoms. The number of hydrogen-bond acceptors (Lipinski definition) is 5. The van der Waals surface area contributed by atoms with E-state index in [1.165, 1.54) is 11.8 Å². The molecule has 7 heteroatoms. The molecule has 0 fully saturated rings. The van der Waals surface area contributed by atoms with Crippen molar-refractivity contribution >= 4 is 40.9 Å². The number of fused-ring (bicyclic) bond motifs is 1. The van der Waals surface area contributed by atoms with Crippen LogP contribution in [0, 0.1) is 0 Å². The van der Waals surface area contributed by atoms with Crippen LogP contribution in [-0.2, 0) is 20.7 Å². The first-order valence-corrected chi connectivity index (χ1v) is 9.16. The zero-order valence-electron chi connectivity index (χ0n) is 14.2. The van der Waals surface area contributed by atoms with Gasteiger partial charge in [-0.2, -0.15) is 0 Å². The highest BCUT2D eigenvalue weighted by Crippen LogP contribution is 2.32. The Hall–Kier alpha value is -2.80. The number of hydrogen-bond donors (Lipinski definition) is 2. The smallest absolute Gasteiger partial charge is 0.338 e. The van der Waals surface area contributed by atoms with Crippen molar-refractivity contribution in [2.75, 3.05) is 23.0 Å². The minimum atomic E-state index is -0.616. The summed E-state index contributed by atoms with van der Waals surface area (Å²) < 4.78 is 5.07. The molecule has 0 saturated heterocycles. The SMILES string of the molecule is CCc1cccc(NC(=O)COC(=O)c2ccc3c(c2)NC(=O)CS3)c1. The summed E-state index contributed by atoms with van der Waals surface area (Å²) in [5.74, 6) is -0.777. The van der Waals surface area contributed by atoms with Gasteiger partial charge in [0.1, 0.15) is 0 Å². The lowest BCUT2D eigenvalue weighted by atomic mass is 10.1. The highest BCUT2D eigenvalue weighted by Gasteiger charge is 2.18. The molecular formula is C19H18N2O4S. The molecule has 1 aliphatic heterocycles. The monoisotopic (exact) mass is 370 g/mol. The average molecular weight is 370 g/mol. The van der Waals surface area contributed by atoms with E-state index >= 15 is 0 Å². The van der Waals surface area contributed by atoms with Crippen molar-refractivity contribution in [3.05, 3.63) is 53.6 Å². The second kappa shape index (κ2) is 8.05. The summed E-state index contributed by atoms with van der Waals surface area (Å²) in [6, 6.07) is 12.4. The lowest BCUT2D eigenvalue weighted by Gasteiger charge is -2.16. The maximum atomic E-state index is 12.1. The fraction of sp³-hybridized carbons (Fsp3) is 0.211. The first-order chi connectivity index (χ1) is 12.5. The lowest BCUT2D eigenvalue weighted by molar-refractivity contribution is -0.119. The molecule has 0 spiro atoms. The third-order valence-electron chi connectivity index (χ3n) is 3.80.